The van der Waals surface area contributed by atoms with Gasteiger partial charge in [-0.05, 0) is 17.7 Å². The van der Waals surface area contributed by atoms with Gasteiger partial charge in [-0.1, -0.05) is 30.8 Å². The van der Waals surface area contributed by atoms with Gasteiger partial charge in [0.1, 0.15) is 5.69 Å². The summed E-state index contributed by atoms with van der Waals surface area (Å²) in [5.74, 6) is -0.852. The van der Waals surface area contributed by atoms with Crippen LogP contribution in [0.25, 0.3) is 22.2 Å². The second-order valence-electron chi connectivity index (χ2n) is 6.67. The van der Waals surface area contributed by atoms with Gasteiger partial charge in [0.15, 0.2) is 0 Å². The number of carbonyl (C=O) groups excluding carboxylic acids is 2. The summed E-state index contributed by atoms with van der Waals surface area (Å²) in [6, 6.07) is 11.5. The van der Waals surface area contributed by atoms with E-state index in [2.05, 4.69) is 11.7 Å². The van der Waals surface area contributed by atoms with Crippen molar-refractivity contribution in [2.45, 2.75) is 6.54 Å². The van der Waals surface area contributed by atoms with E-state index >= 15 is 0 Å². The molecular formula is C20H19N5O2. The van der Waals surface area contributed by atoms with Gasteiger partial charge in [0.25, 0.3) is 5.91 Å². The lowest BCUT2D eigenvalue weighted by Crippen LogP contribution is -2.30. The summed E-state index contributed by atoms with van der Waals surface area (Å²) in [7, 11) is 1.89. The van der Waals surface area contributed by atoms with Crippen molar-refractivity contribution >= 4 is 28.4 Å². The molecule has 0 fully saturated rings. The first-order valence-electron chi connectivity index (χ1n) is 8.48. The largest absolute Gasteiger partial charge is 0.398 e. The Kier molecular flexibility index (Phi) is 3.73. The molecule has 3 aromatic rings. The molecule has 0 radical (unpaired) electrons. The van der Waals surface area contributed by atoms with Gasteiger partial charge in [-0.3, -0.25) is 14.3 Å². The zero-order chi connectivity index (χ0) is 19.3. The summed E-state index contributed by atoms with van der Waals surface area (Å²) in [6.07, 6.45) is 0. The summed E-state index contributed by atoms with van der Waals surface area (Å²) in [4.78, 5) is 25.7. The number of hydrogen-bond donors (Lipinski definition) is 2. The van der Waals surface area contributed by atoms with Crippen LogP contribution < -0.4 is 11.5 Å². The third-order valence-corrected chi connectivity index (χ3v) is 4.94. The number of primary amides is 1. The standard InChI is InChI=1S/C20H19N5O2/c1-11(19(22)26)9-25-10-14-12(7-8-15(21)17(14)20(25)27)18-13-5-3-4-6-16(13)24(2)23-18/h3-8H,1,9-10,21H2,2H3,(H2,22,26). The second kappa shape index (κ2) is 5.98. The van der Waals surface area contributed by atoms with Crippen molar-refractivity contribution in [3.63, 3.8) is 0 Å². The number of para-hydroxylation sites is 1. The van der Waals surface area contributed by atoms with Crippen molar-refractivity contribution in [2.75, 3.05) is 12.3 Å². The van der Waals surface area contributed by atoms with E-state index in [1.807, 2.05) is 42.1 Å². The van der Waals surface area contributed by atoms with E-state index in [9.17, 15) is 9.59 Å². The Labute approximate surface area is 155 Å². The molecule has 4 rings (SSSR count). The molecule has 0 unspecified atom stereocenters. The van der Waals surface area contributed by atoms with Crippen LogP contribution in [0.3, 0.4) is 0 Å². The van der Waals surface area contributed by atoms with Crippen LogP contribution in [0, 0.1) is 0 Å². The van der Waals surface area contributed by atoms with E-state index in [1.54, 1.807) is 6.07 Å². The number of hydrogen-bond acceptors (Lipinski definition) is 4. The van der Waals surface area contributed by atoms with E-state index in [0.717, 1.165) is 27.7 Å². The topological polar surface area (TPSA) is 107 Å². The third kappa shape index (κ3) is 2.55. The van der Waals surface area contributed by atoms with Gasteiger partial charge in [-0.25, -0.2) is 0 Å². The number of nitrogens with two attached hydrogens (primary N) is 2. The van der Waals surface area contributed by atoms with Crippen molar-refractivity contribution < 1.29 is 9.59 Å². The minimum Gasteiger partial charge on any atom is -0.398 e. The fraction of sp³-hybridized carbons (Fsp3) is 0.150. The van der Waals surface area contributed by atoms with Gasteiger partial charge in [-0.15, -0.1) is 0 Å². The first-order chi connectivity index (χ1) is 12.9. The maximum atomic E-state index is 12.9. The summed E-state index contributed by atoms with van der Waals surface area (Å²) in [6.45, 7) is 4.05. The zero-order valence-electron chi connectivity index (χ0n) is 14.9. The molecule has 4 N–H and O–H groups in total. The van der Waals surface area contributed by atoms with Crippen molar-refractivity contribution in [2.24, 2.45) is 12.8 Å². The summed E-state index contributed by atoms with van der Waals surface area (Å²) in [5.41, 5.74) is 15.9. The highest BCUT2D eigenvalue weighted by Crippen LogP contribution is 2.38. The number of amides is 2. The molecule has 0 saturated heterocycles. The third-order valence-electron chi connectivity index (χ3n) is 4.94. The molecule has 0 spiro atoms. The number of carbonyl (C=O) groups is 2. The van der Waals surface area contributed by atoms with Crippen LogP contribution in [-0.4, -0.2) is 33.0 Å². The maximum absolute atomic E-state index is 12.9. The lowest BCUT2D eigenvalue weighted by Gasteiger charge is -2.15. The van der Waals surface area contributed by atoms with Gasteiger partial charge in [0.2, 0.25) is 5.91 Å². The van der Waals surface area contributed by atoms with E-state index in [4.69, 9.17) is 11.5 Å². The molecule has 7 heteroatoms. The molecular weight excluding hydrogens is 342 g/mol. The van der Waals surface area contributed by atoms with Gasteiger partial charge < -0.3 is 16.4 Å². The molecule has 1 aliphatic heterocycles. The Morgan fingerprint density at radius 1 is 1.26 bits per heavy atom. The minimum absolute atomic E-state index is 0.0741. The minimum atomic E-state index is -0.623. The predicted octanol–water partition coefficient (Wildman–Crippen LogP) is 1.82. The number of anilines is 1. The van der Waals surface area contributed by atoms with E-state index < -0.39 is 5.91 Å². The zero-order valence-corrected chi connectivity index (χ0v) is 14.9. The van der Waals surface area contributed by atoms with Gasteiger partial charge in [-0.2, -0.15) is 5.10 Å². The van der Waals surface area contributed by atoms with Crippen LogP contribution in [-0.2, 0) is 18.4 Å². The summed E-state index contributed by atoms with van der Waals surface area (Å²) < 4.78 is 1.82. The van der Waals surface area contributed by atoms with Gasteiger partial charge >= 0.3 is 0 Å². The normalized spacial score (nSPS) is 13.2. The first-order valence-corrected chi connectivity index (χ1v) is 8.48. The monoisotopic (exact) mass is 361 g/mol. The molecule has 1 aromatic heterocycles. The van der Waals surface area contributed by atoms with Crippen molar-refractivity contribution in [1.29, 1.82) is 0 Å². The van der Waals surface area contributed by atoms with Crippen LogP contribution in [0.15, 0.2) is 48.6 Å². The highest BCUT2D eigenvalue weighted by atomic mass is 16.2. The van der Waals surface area contributed by atoms with Crippen LogP contribution >= 0.6 is 0 Å². The molecule has 2 aromatic carbocycles. The SMILES string of the molecule is C=C(CN1Cc2c(-c3nn(C)c4ccccc34)ccc(N)c2C1=O)C(N)=O. The first kappa shape index (κ1) is 16.8. The molecule has 7 nitrogen and oxygen atoms in total. The van der Waals surface area contributed by atoms with E-state index in [-0.39, 0.29) is 18.0 Å². The van der Waals surface area contributed by atoms with E-state index in [0.29, 0.717) is 17.8 Å². The number of nitrogens with zero attached hydrogens (tertiary/aromatic N) is 3. The molecule has 2 amide bonds. The molecule has 0 bridgehead atoms. The van der Waals surface area contributed by atoms with Crippen molar-refractivity contribution in [3.05, 3.63) is 59.7 Å². The fourth-order valence-electron chi connectivity index (χ4n) is 3.57. The average molecular weight is 361 g/mol. The summed E-state index contributed by atoms with van der Waals surface area (Å²) >= 11 is 0. The fourth-order valence-corrected chi connectivity index (χ4v) is 3.57. The lowest BCUT2D eigenvalue weighted by atomic mass is 9.97. The molecule has 1 aliphatic rings. The van der Waals surface area contributed by atoms with Crippen LogP contribution in [0.1, 0.15) is 15.9 Å². The number of aryl methyl sites for hydroxylation is 1. The summed E-state index contributed by atoms with van der Waals surface area (Å²) in [5, 5.41) is 5.66. The Morgan fingerprint density at radius 3 is 2.74 bits per heavy atom. The van der Waals surface area contributed by atoms with Gasteiger partial charge in [0.05, 0.1) is 17.6 Å². The second-order valence-corrected chi connectivity index (χ2v) is 6.67. The Hall–Kier alpha value is -3.61. The van der Waals surface area contributed by atoms with Crippen LogP contribution in [0.4, 0.5) is 5.69 Å². The number of rotatable bonds is 4. The number of aromatic nitrogens is 2. The molecule has 0 aliphatic carbocycles. The Bertz CT molecular complexity index is 1130. The quantitative estimate of drug-likeness (QED) is 0.546. The number of nitrogen functional groups attached to an aromatic ring is 1. The molecule has 0 saturated carbocycles. The highest BCUT2D eigenvalue weighted by Gasteiger charge is 2.33. The molecule has 2 heterocycles. The Balaban J connectivity index is 1.84. The van der Waals surface area contributed by atoms with Crippen molar-refractivity contribution in [3.8, 4) is 11.3 Å². The molecule has 27 heavy (non-hydrogen) atoms. The van der Waals surface area contributed by atoms with Crippen molar-refractivity contribution in [1.82, 2.24) is 14.7 Å². The highest BCUT2D eigenvalue weighted by molar-refractivity contribution is 6.07. The Morgan fingerprint density at radius 2 is 2.00 bits per heavy atom. The predicted molar refractivity (Wildman–Crippen MR) is 104 cm³/mol. The molecule has 136 valence electrons. The average Bonchev–Trinajstić information content (AvgIpc) is 3.14. The smallest absolute Gasteiger partial charge is 0.256 e. The van der Waals surface area contributed by atoms with Gasteiger partial charge in [0, 0.05) is 35.8 Å². The number of fused-ring (bicyclic) bond motifs is 2. The lowest BCUT2D eigenvalue weighted by molar-refractivity contribution is -0.114. The van der Waals surface area contributed by atoms with Crippen LogP contribution in [0.5, 0.6) is 0 Å². The van der Waals surface area contributed by atoms with E-state index in [1.165, 1.54) is 4.90 Å². The maximum Gasteiger partial charge on any atom is 0.256 e. The van der Waals surface area contributed by atoms with Crippen LogP contribution in [0.2, 0.25) is 0 Å². The number of benzene rings is 2. The molecule has 0 atom stereocenters.